The van der Waals surface area contributed by atoms with Crippen molar-refractivity contribution in [3.63, 3.8) is 0 Å². The zero-order valence-corrected chi connectivity index (χ0v) is 16.0. The minimum atomic E-state index is -3.01. The van der Waals surface area contributed by atoms with Crippen LogP contribution in [0.4, 0.5) is 11.8 Å². The summed E-state index contributed by atoms with van der Waals surface area (Å²) in [4.78, 5) is 15.6. The molecule has 2 fully saturated rings. The number of hydrogen-bond acceptors (Lipinski definition) is 8. The van der Waals surface area contributed by atoms with Gasteiger partial charge in [-0.2, -0.15) is 4.98 Å². The van der Waals surface area contributed by atoms with E-state index in [0.29, 0.717) is 12.5 Å². The fourth-order valence-corrected chi connectivity index (χ4v) is 5.94. The summed E-state index contributed by atoms with van der Waals surface area (Å²) in [5.41, 5.74) is 1.78. The number of anilines is 2. The third-order valence-electron chi connectivity index (χ3n) is 5.26. The zero-order valence-electron chi connectivity index (χ0n) is 15.2. The highest BCUT2D eigenvalue weighted by Gasteiger charge is 2.43. The van der Waals surface area contributed by atoms with Crippen molar-refractivity contribution in [3.05, 3.63) is 48.5 Å². The van der Waals surface area contributed by atoms with E-state index in [-0.39, 0.29) is 23.6 Å². The highest BCUT2D eigenvalue weighted by atomic mass is 32.2. The minimum Gasteiger partial charge on any atom is -0.350 e. The van der Waals surface area contributed by atoms with Crippen molar-refractivity contribution in [2.75, 3.05) is 34.8 Å². The van der Waals surface area contributed by atoms with Gasteiger partial charge in [-0.05, 0) is 18.2 Å². The van der Waals surface area contributed by atoms with Gasteiger partial charge in [-0.1, -0.05) is 6.07 Å². The van der Waals surface area contributed by atoms with Crippen molar-refractivity contribution >= 4 is 27.3 Å². The smallest absolute Gasteiger partial charge is 0.224 e. The van der Waals surface area contributed by atoms with Crippen molar-refractivity contribution in [2.24, 2.45) is 0 Å². The topological polar surface area (TPSA) is 105 Å². The molecule has 2 atom stereocenters. The van der Waals surface area contributed by atoms with Crippen LogP contribution in [0.3, 0.4) is 0 Å². The number of rotatable bonds is 4. The summed E-state index contributed by atoms with van der Waals surface area (Å²) in [5.74, 6) is 1.61. The lowest BCUT2D eigenvalue weighted by molar-refractivity contribution is 0.423. The van der Waals surface area contributed by atoms with Crippen LogP contribution in [-0.4, -0.2) is 64.4 Å². The summed E-state index contributed by atoms with van der Waals surface area (Å²) in [6.45, 7) is 1.97. The van der Waals surface area contributed by atoms with Gasteiger partial charge < -0.3 is 19.9 Å². The van der Waals surface area contributed by atoms with Crippen LogP contribution in [0.25, 0.3) is 5.65 Å². The molecular formula is C18H21N7O2S. The monoisotopic (exact) mass is 399 g/mol. The van der Waals surface area contributed by atoms with Crippen LogP contribution in [-0.2, 0) is 16.4 Å². The van der Waals surface area contributed by atoms with E-state index in [1.165, 1.54) is 0 Å². The summed E-state index contributed by atoms with van der Waals surface area (Å²) in [6, 6.07) is 7.59. The first-order chi connectivity index (χ1) is 13.6. The predicted octanol–water partition coefficient (Wildman–Crippen LogP) is 0.312. The van der Waals surface area contributed by atoms with E-state index in [1.54, 1.807) is 6.20 Å². The summed E-state index contributed by atoms with van der Waals surface area (Å²) < 4.78 is 26.1. The Balaban J connectivity index is 1.33. The van der Waals surface area contributed by atoms with Gasteiger partial charge >= 0.3 is 0 Å². The SMILES string of the molecule is O=S1(=O)C[C@@H]2NCCN(c3ccnc(NCc4cn5ccccc5n4)n3)[C@@H]2C1. The molecule has 0 amide bonds. The number of aromatic nitrogens is 4. The maximum atomic E-state index is 12.1. The molecule has 5 rings (SSSR count). The Morgan fingerprint density at radius 1 is 1.21 bits per heavy atom. The molecule has 0 saturated carbocycles. The Hall–Kier alpha value is -2.72. The third-order valence-corrected chi connectivity index (χ3v) is 6.98. The number of nitrogens with one attached hydrogen (secondary N) is 2. The predicted molar refractivity (Wildman–Crippen MR) is 106 cm³/mol. The van der Waals surface area contributed by atoms with Gasteiger partial charge in [-0.25, -0.2) is 18.4 Å². The van der Waals surface area contributed by atoms with E-state index in [9.17, 15) is 8.42 Å². The maximum absolute atomic E-state index is 12.1. The molecule has 0 aromatic carbocycles. The van der Waals surface area contributed by atoms with Crippen molar-refractivity contribution in [3.8, 4) is 0 Å². The second kappa shape index (κ2) is 6.71. The van der Waals surface area contributed by atoms with Gasteiger partial charge in [-0.15, -0.1) is 0 Å². The second-order valence-corrected chi connectivity index (χ2v) is 9.34. The lowest BCUT2D eigenvalue weighted by Crippen LogP contribution is -2.57. The highest BCUT2D eigenvalue weighted by Crippen LogP contribution is 2.26. The standard InChI is InChI=1S/C18H21N7O2S/c26-28(27)11-14-15(12-28)25(8-6-19-14)17-4-5-20-18(23-17)21-9-13-10-24-7-2-1-3-16(24)22-13/h1-5,7,10,14-15,19H,6,8-9,11-12H2,(H,20,21,23)/t14-,15+/m0/s1. The molecule has 9 nitrogen and oxygen atoms in total. The van der Waals surface area contributed by atoms with Gasteiger partial charge in [0.2, 0.25) is 5.95 Å². The molecule has 0 aliphatic carbocycles. The van der Waals surface area contributed by atoms with Gasteiger partial charge in [0.05, 0.1) is 29.8 Å². The Labute approximate surface area is 162 Å². The number of sulfone groups is 1. The Kier molecular flexibility index (Phi) is 4.17. The van der Waals surface area contributed by atoms with E-state index in [2.05, 4.69) is 30.5 Å². The molecule has 10 heteroatoms. The minimum absolute atomic E-state index is 0.0388. The van der Waals surface area contributed by atoms with Crippen LogP contribution in [0, 0.1) is 0 Å². The molecule has 3 aromatic heterocycles. The number of imidazole rings is 1. The zero-order chi connectivity index (χ0) is 19.1. The molecule has 2 aliphatic heterocycles. The molecule has 2 saturated heterocycles. The average molecular weight is 399 g/mol. The summed E-state index contributed by atoms with van der Waals surface area (Å²) >= 11 is 0. The lowest BCUT2D eigenvalue weighted by Gasteiger charge is -2.38. The lowest BCUT2D eigenvalue weighted by atomic mass is 10.1. The van der Waals surface area contributed by atoms with Crippen molar-refractivity contribution in [2.45, 2.75) is 18.6 Å². The Morgan fingerprint density at radius 2 is 2.14 bits per heavy atom. The number of pyridine rings is 1. The first-order valence-electron chi connectivity index (χ1n) is 9.27. The molecule has 2 aliphatic rings. The van der Waals surface area contributed by atoms with Crippen molar-refractivity contribution < 1.29 is 8.42 Å². The summed E-state index contributed by atoms with van der Waals surface area (Å²) in [7, 11) is -3.01. The van der Waals surface area contributed by atoms with E-state index in [4.69, 9.17) is 0 Å². The summed E-state index contributed by atoms with van der Waals surface area (Å²) in [6.07, 6.45) is 5.63. The van der Waals surface area contributed by atoms with E-state index >= 15 is 0 Å². The molecule has 0 spiro atoms. The molecule has 5 heterocycles. The quantitative estimate of drug-likeness (QED) is 0.646. The molecule has 0 bridgehead atoms. The van der Waals surface area contributed by atoms with Gasteiger partial charge in [-0.3, -0.25) is 0 Å². The van der Waals surface area contributed by atoms with Gasteiger partial charge in [0, 0.05) is 37.7 Å². The Bertz CT molecular complexity index is 1080. The third kappa shape index (κ3) is 3.29. The van der Waals surface area contributed by atoms with Crippen LogP contribution in [0.1, 0.15) is 5.69 Å². The highest BCUT2D eigenvalue weighted by molar-refractivity contribution is 7.91. The summed E-state index contributed by atoms with van der Waals surface area (Å²) in [5, 5.41) is 6.54. The van der Waals surface area contributed by atoms with Crippen molar-refractivity contribution in [1.29, 1.82) is 0 Å². The Morgan fingerprint density at radius 3 is 3.04 bits per heavy atom. The van der Waals surface area contributed by atoms with Crippen LogP contribution >= 0.6 is 0 Å². The molecular weight excluding hydrogens is 378 g/mol. The van der Waals surface area contributed by atoms with E-state index < -0.39 is 9.84 Å². The van der Waals surface area contributed by atoms with Crippen LogP contribution in [0.15, 0.2) is 42.9 Å². The van der Waals surface area contributed by atoms with Crippen LogP contribution < -0.4 is 15.5 Å². The van der Waals surface area contributed by atoms with E-state index in [0.717, 1.165) is 30.2 Å². The largest absolute Gasteiger partial charge is 0.350 e. The molecule has 0 radical (unpaired) electrons. The van der Waals surface area contributed by atoms with Gasteiger partial charge in [0.25, 0.3) is 0 Å². The number of hydrogen-bond donors (Lipinski definition) is 2. The second-order valence-electron chi connectivity index (χ2n) is 7.19. The molecule has 28 heavy (non-hydrogen) atoms. The van der Waals surface area contributed by atoms with Crippen LogP contribution in [0.2, 0.25) is 0 Å². The fraction of sp³-hybridized carbons (Fsp3) is 0.389. The van der Waals surface area contributed by atoms with Gasteiger partial charge in [0.15, 0.2) is 9.84 Å². The number of nitrogens with zero attached hydrogens (tertiary/aromatic N) is 5. The number of fused-ring (bicyclic) bond motifs is 2. The molecule has 3 aromatic rings. The van der Waals surface area contributed by atoms with Gasteiger partial charge in [0.1, 0.15) is 11.5 Å². The fourth-order valence-electron chi connectivity index (χ4n) is 3.99. The molecule has 146 valence electrons. The normalized spacial score (nSPS) is 23.6. The molecule has 0 unspecified atom stereocenters. The molecule has 2 N–H and O–H groups in total. The van der Waals surface area contributed by atoms with E-state index in [1.807, 2.05) is 41.1 Å². The first-order valence-corrected chi connectivity index (χ1v) is 11.1. The number of piperazine rings is 1. The first kappa shape index (κ1) is 17.4. The van der Waals surface area contributed by atoms with Crippen molar-refractivity contribution in [1.82, 2.24) is 24.7 Å². The average Bonchev–Trinajstić information content (AvgIpc) is 3.24. The van der Waals surface area contributed by atoms with Crippen LogP contribution in [0.5, 0.6) is 0 Å². The maximum Gasteiger partial charge on any atom is 0.224 e.